The van der Waals surface area contributed by atoms with Crippen molar-refractivity contribution in [3.8, 4) is 0 Å². The Balaban J connectivity index is 0. The van der Waals surface area contributed by atoms with E-state index in [9.17, 15) is 18.1 Å². The van der Waals surface area contributed by atoms with Gasteiger partial charge in [-0.2, -0.15) is 0 Å². The fourth-order valence-electron chi connectivity index (χ4n) is 3.57. The van der Waals surface area contributed by atoms with Gasteiger partial charge in [0.1, 0.15) is 0 Å². The molecule has 0 aliphatic carbocycles. The van der Waals surface area contributed by atoms with Crippen molar-refractivity contribution in [3.63, 3.8) is 0 Å². The molecular formula is C28H57NaO13S. The van der Waals surface area contributed by atoms with Crippen molar-refractivity contribution in [2.45, 2.75) is 77.4 Å². The molecule has 0 spiro atoms. The molecule has 0 aliphatic rings. The number of aliphatic hydroxyl groups is 1. The molecule has 0 aromatic rings. The molecule has 13 nitrogen and oxygen atoms in total. The number of aliphatic hydroxyl groups excluding tert-OH is 1. The predicted molar refractivity (Wildman–Crippen MR) is 155 cm³/mol. The topological polar surface area (TPSA) is 161 Å². The maximum Gasteiger partial charge on any atom is 1.00 e. The second kappa shape index (κ2) is 37.0. The summed E-state index contributed by atoms with van der Waals surface area (Å²) in [6, 6.07) is 0. The Morgan fingerprint density at radius 2 is 0.814 bits per heavy atom. The zero-order chi connectivity index (χ0) is 30.8. The van der Waals surface area contributed by atoms with Gasteiger partial charge in [-0.05, 0) is 12.8 Å². The van der Waals surface area contributed by atoms with Crippen LogP contribution in [0.1, 0.15) is 71.1 Å². The number of ether oxygens (including phenoxy) is 8. The van der Waals surface area contributed by atoms with Gasteiger partial charge in [-0.1, -0.05) is 58.3 Å². The molecule has 1 N–H and O–H groups in total. The summed E-state index contributed by atoms with van der Waals surface area (Å²) in [7, 11) is -4.67. The summed E-state index contributed by atoms with van der Waals surface area (Å²) in [5.74, 6) is 0. The van der Waals surface area contributed by atoms with Crippen LogP contribution < -0.4 is 29.6 Å². The van der Waals surface area contributed by atoms with Crippen LogP contribution >= 0.6 is 0 Å². The molecule has 1 unspecified atom stereocenters. The van der Waals surface area contributed by atoms with E-state index in [4.69, 9.17) is 37.9 Å². The molecular weight excluding hydrogens is 599 g/mol. The molecule has 0 amide bonds. The molecule has 254 valence electrons. The first-order chi connectivity index (χ1) is 20.5. The first-order valence-electron chi connectivity index (χ1n) is 15.4. The monoisotopic (exact) mass is 656 g/mol. The van der Waals surface area contributed by atoms with Crippen molar-refractivity contribution in [1.82, 2.24) is 0 Å². The van der Waals surface area contributed by atoms with Crippen LogP contribution in [0, 0.1) is 0 Å². The Bertz CT molecular complexity index is 632. The van der Waals surface area contributed by atoms with Gasteiger partial charge < -0.3 is 47.6 Å². The second-order valence-electron chi connectivity index (χ2n) is 9.46. The van der Waals surface area contributed by atoms with E-state index in [1.165, 1.54) is 44.9 Å². The zero-order valence-corrected chi connectivity index (χ0v) is 29.5. The summed E-state index contributed by atoms with van der Waals surface area (Å²) in [5, 5.41) is 9.88. The van der Waals surface area contributed by atoms with Gasteiger partial charge >= 0.3 is 29.6 Å². The molecule has 0 bridgehead atoms. The number of unbranched alkanes of at least 4 members (excludes halogenated alkanes) is 8. The average molecular weight is 657 g/mol. The Morgan fingerprint density at radius 3 is 1.16 bits per heavy atom. The third-order valence-electron chi connectivity index (χ3n) is 5.78. The van der Waals surface area contributed by atoms with Crippen LogP contribution in [0.4, 0.5) is 0 Å². The van der Waals surface area contributed by atoms with Crippen molar-refractivity contribution in [2.75, 3.05) is 106 Å². The standard InChI is InChI=1S/C28H58O13S.Na/c1-2-3-4-5-6-7-8-9-10-11-28(29)40-26-24-38-22-20-36-18-16-34-14-12-33-13-15-35-17-19-37-21-23-39-25-27-41-42(30,31)32;/h28-29H,2-27H2,1H3,(H,30,31,32);/q;+1/p-1. The van der Waals surface area contributed by atoms with E-state index >= 15 is 0 Å². The van der Waals surface area contributed by atoms with E-state index in [-0.39, 0.29) is 49.4 Å². The summed E-state index contributed by atoms with van der Waals surface area (Å²) in [4.78, 5) is 0. The van der Waals surface area contributed by atoms with E-state index in [1.54, 1.807) is 0 Å². The van der Waals surface area contributed by atoms with Crippen LogP contribution in [0.5, 0.6) is 0 Å². The molecule has 0 rings (SSSR count). The maximum atomic E-state index is 10.2. The molecule has 0 saturated carbocycles. The quantitative estimate of drug-likeness (QED) is 0.0312. The first-order valence-corrected chi connectivity index (χ1v) is 16.7. The third-order valence-corrected chi connectivity index (χ3v) is 6.24. The fourth-order valence-corrected chi connectivity index (χ4v) is 3.84. The smallest absolute Gasteiger partial charge is 0.726 e. The average Bonchev–Trinajstić information content (AvgIpc) is 2.95. The Labute approximate surface area is 282 Å². The molecule has 1 atom stereocenters. The van der Waals surface area contributed by atoms with Crippen molar-refractivity contribution in [1.29, 1.82) is 0 Å². The van der Waals surface area contributed by atoms with Gasteiger partial charge in [-0.3, -0.25) is 4.18 Å². The van der Waals surface area contributed by atoms with Gasteiger partial charge in [0.15, 0.2) is 6.29 Å². The minimum absolute atomic E-state index is 0. The van der Waals surface area contributed by atoms with Gasteiger partial charge in [0, 0.05) is 0 Å². The maximum absolute atomic E-state index is 10.2. The molecule has 0 aliphatic heterocycles. The number of rotatable bonds is 36. The van der Waals surface area contributed by atoms with Gasteiger partial charge in [0.2, 0.25) is 10.4 Å². The molecule has 0 saturated heterocycles. The van der Waals surface area contributed by atoms with Crippen molar-refractivity contribution in [3.05, 3.63) is 0 Å². The summed E-state index contributed by atoms with van der Waals surface area (Å²) >= 11 is 0. The molecule has 0 radical (unpaired) electrons. The first kappa shape index (κ1) is 45.6. The van der Waals surface area contributed by atoms with Crippen LogP contribution in [0.15, 0.2) is 0 Å². The second-order valence-corrected chi connectivity index (χ2v) is 10.5. The van der Waals surface area contributed by atoms with E-state index in [0.29, 0.717) is 92.3 Å². The molecule has 0 fully saturated rings. The van der Waals surface area contributed by atoms with Gasteiger partial charge in [-0.25, -0.2) is 8.42 Å². The number of hydrogen-bond acceptors (Lipinski definition) is 13. The van der Waals surface area contributed by atoms with Gasteiger partial charge in [0.25, 0.3) is 0 Å². The summed E-state index contributed by atoms with van der Waals surface area (Å²) in [6.07, 6.45) is 11.3. The van der Waals surface area contributed by atoms with Crippen LogP contribution in [0.2, 0.25) is 0 Å². The summed E-state index contributed by atoms with van der Waals surface area (Å²) < 4.78 is 77.5. The van der Waals surface area contributed by atoms with Crippen LogP contribution in [-0.2, 0) is 52.5 Å². The molecule has 43 heavy (non-hydrogen) atoms. The largest absolute Gasteiger partial charge is 1.00 e. The van der Waals surface area contributed by atoms with Crippen LogP contribution in [-0.4, -0.2) is 130 Å². The van der Waals surface area contributed by atoms with E-state index in [0.717, 1.165) is 12.8 Å². The van der Waals surface area contributed by atoms with Crippen LogP contribution in [0.25, 0.3) is 0 Å². The molecule has 15 heteroatoms. The SMILES string of the molecule is CCCCCCCCCCCC(O)OCCOCCOCCOCCOCCOCCOCCOCCOS(=O)(=O)[O-].[Na+]. The molecule has 0 heterocycles. The summed E-state index contributed by atoms with van der Waals surface area (Å²) in [5.41, 5.74) is 0. The zero-order valence-electron chi connectivity index (χ0n) is 26.7. The third kappa shape index (κ3) is 42.5. The van der Waals surface area contributed by atoms with Crippen molar-refractivity contribution in [2.24, 2.45) is 0 Å². The van der Waals surface area contributed by atoms with Gasteiger partial charge in [-0.15, -0.1) is 0 Å². The van der Waals surface area contributed by atoms with Crippen molar-refractivity contribution < 1.29 is 89.7 Å². The van der Waals surface area contributed by atoms with E-state index in [2.05, 4.69) is 11.1 Å². The van der Waals surface area contributed by atoms with E-state index in [1.807, 2.05) is 0 Å². The Morgan fingerprint density at radius 1 is 0.512 bits per heavy atom. The summed E-state index contributed by atoms with van der Waals surface area (Å²) in [6.45, 7) is 7.78. The fraction of sp³-hybridized carbons (Fsp3) is 1.00. The Hall–Kier alpha value is 0.510. The van der Waals surface area contributed by atoms with Gasteiger partial charge in [0.05, 0.1) is 106 Å². The van der Waals surface area contributed by atoms with Crippen LogP contribution in [0.3, 0.4) is 0 Å². The van der Waals surface area contributed by atoms with E-state index < -0.39 is 16.7 Å². The minimum Gasteiger partial charge on any atom is -0.726 e. The molecule has 0 aromatic heterocycles. The Kier molecular flexibility index (Phi) is 39.2. The molecule has 0 aromatic carbocycles. The predicted octanol–water partition coefficient (Wildman–Crippen LogP) is -0.161. The minimum atomic E-state index is -4.67. The number of hydrogen-bond donors (Lipinski definition) is 1. The normalized spacial score (nSPS) is 12.4. The van der Waals surface area contributed by atoms with Crippen molar-refractivity contribution >= 4 is 10.4 Å².